The van der Waals surface area contributed by atoms with E-state index in [1.807, 2.05) is 19.9 Å². The first-order valence-corrected chi connectivity index (χ1v) is 6.24. The van der Waals surface area contributed by atoms with Gasteiger partial charge in [-0.05, 0) is 31.5 Å². The van der Waals surface area contributed by atoms with Gasteiger partial charge in [0.15, 0.2) is 0 Å². The van der Waals surface area contributed by atoms with E-state index in [1.165, 1.54) is 6.07 Å². The monoisotopic (exact) mass is 264 g/mol. The molecule has 0 unspecified atom stereocenters. The molecule has 0 aliphatic carbocycles. The maximum Gasteiger partial charge on any atom is 0.336 e. The molecule has 0 amide bonds. The van der Waals surface area contributed by atoms with E-state index >= 15 is 0 Å². The Morgan fingerprint density at radius 3 is 2.83 bits per heavy atom. The molecule has 0 saturated heterocycles. The van der Waals surface area contributed by atoms with E-state index in [4.69, 9.17) is 20.8 Å². The molecule has 0 saturated carbocycles. The Hall–Kier alpha value is -1.48. The minimum Gasteiger partial charge on any atom is -0.488 e. The highest BCUT2D eigenvalue weighted by Crippen LogP contribution is 2.37. The van der Waals surface area contributed by atoms with Crippen LogP contribution in [0.5, 0.6) is 5.75 Å². The number of rotatable bonds is 1. The third-order valence-corrected chi connectivity index (χ3v) is 3.49. The van der Waals surface area contributed by atoms with Crippen LogP contribution in [0.3, 0.4) is 0 Å². The van der Waals surface area contributed by atoms with E-state index < -0.39 is 4.87 Å². The first kappa shape index (κ1) is 11.6. The predicted molar refractivity (Wildman–Crippen MR) is 70.5 cm³/mol. The Balaban J connectivity index is 2.09. The van der Waals surface area contributed by atoms with Crippen molar-refractivity contribution in [3.8, 4) is 5.75 Å². The quantitative estimate of drug-likeness (QED) is 0.587. The molecular formula is C14H13ClO3. The zero-order chi connectivity index (χ0) is 12.9. The molecule has 0 fully saturated rings. The molecule has 3 rings (SSSR count). The number of alkyl halides is 1. The standard InChI is InChI=1S/C14H13ClO3/c1-14(2,15)12-6-9-5-8-3-4-13(16)18-10(8)7-11(9)17-12/h3-5,7,12H,6H2,1-2H3/t12-/m0/s1. The fraction of sp³-hybridized carbons (Fsp3) is 0.357. The topological polar surface area (TPSA) is 39.4 Å². The lowest BCUT2D eigenvalue weighted by Gasteiger charge is -2.23. The van der Waals surface area contributed by atoms with Crippen LogP contribution < -0.4 is 10.4 Å². The van der Waals surface area contributed by atoms with Gasteiger partial charge in [-0.3, -0.25) is 0 Å². The van der Waals surface area contributed by atoms with Crippen molar-refractivity contribution in [2.75, 3.05) is 0 Å². The Morgan fingerprint density at radius 1 is 1.33 bits per heavy atom. The number of hydrogen-bond donors (Lipinski definition) is 0. The van der Waals surface area contributed by atoms with Crippen LogP contribution in [-0.4, -0.2) is 11.0 Å². The molecule has 1 aliphatic heterocycles. The Kier molecular flexibility index (Phi) is 2.42. The molecule has 1 aromatic carbocycles. The van der Waals surface area contributed by atoms with Crippen LogP contribution in [0.25, 0.3) is 11.0 Å². The molecule has 2 aromatic rings. The fourth-order valence-electron chi connectivity index (χ4n) is 2.19. The van der Waals surface area contributed by atoms with Gasteiger partial charge in [0, 0.05) is 23.9 Å². The first-order valence-electron chi connectivity index (χ1n) is 5.86. The van der Waals surface area contributed by atoms with Gasteiger partial charge in [-0.2, -0.15) is 0 Å². The minimum absolute atomic E-state index is 0.0577. The average molecular weight is 265 g/mol. The summed E-state index contributed by atoms with van der Waals surface area (Å²) in [4.78, 5) is 10.8. The van der Waals surface area contributed by atoms with Gasteiger partial charge in [-0.1, -0.05) is 0 Å². The highest BCUT2D eigenvalue weighted by molar-refractivity contribution is 6.23. The molecule has 3 nitrogen and oxygen atoms in total. The number of benzene rings is 1. The molecule has 94 valence electrons. The van der Waals surface area contributed by atoms with Crippen LogP contribution >= 0.6 is 11.6 Å². The zero-order valence-electron chi connectivity index (χ0n) is 10.2. The fourth-order valence-corrected chi connectivity index (χ4v) is 2.31. The Bertz CT molecular complexity index is 667. The molecule has 0 bridgehead atoms. The van der Waals surface area contributed by atoms with Crippen molar-refractivity contribution >= 4 is 22.6 Å². The summed E-state index contributed by atoms with van der Waals surface area (Å²) >= 11 is 6.29. The summed E-state index contributed by atoms with van der Waals surface area (Å²) in [6.07, 6.45) is 0.721. The molecular weight excluding hydrogens is 252 g/mol. The van der Waals surface area contributed by atoms with Crippen LogP contribution in [0.15, 0.2) is 33.5 Å². The minimum atomic E-state index is -0.425. The molecule has 18 heavy (non-hydrogen) atoms. The molecule has 0 radical (unpaired) electrons. The van der Waals surface area contributed by atoms with E-state index in [0.717, 1.165) is 23.1 Å². The molecule has 1 aliphatic rings. The van der Waals surface area contributed by atoms with Crippen molar-refractivity contribution < 1.29 is 9.15 Å². The van der Waals surface area contributed by atoms with Gasteiger partial charge < -0.3 is 9.15 Å². The SMILES string of the molecule is CC(C)(Cl)[C@@H]1Cc2cc3ccc(=O)oc3cc2O1. The van der Waals surface area contributed by atoms with Gasteiger partial charge in [0.2, 0.25) is 0 Å². The van der Waals surface area contributed by atoms with E-state index in [-0.39, 0.29) is 11.7 Å². The van der Waals surface area contributed by atoms with E-state index in [9.17, 15) is 4.79 Å². The number of fused-ring (bicyclic) bond motifs is 2. The van der Waals surface area contributed by atoms with Crippen molar-refractivity contribution in [3.63, 3.8) is 0 Å². The molecule has 4 heteroatoms. The van der Waals surface area contributed by atoms with Crippen LogP contribution in [0.1, 0.15) is 19.4 Å². The third-order valence-electron chi connectivity index (χ3n) is 3.24. The molecule has 0 N–H and O–H groups in total. The second-order valence-corrected chi connectivity index (χ2v) is 6.10. The summed E-state index contributed by atoms with van der Waals surface area (Å²) in [6, 6.07) is 6.96. The first-order chi connectivity index (χ1) is 8.43. The molecule has 2 heterocycles. The highest BCUT2D eigenvalue weighted by atomic mass is 35.5. The summed E-state index contributed by atoms with van der Waals surface area (Å²) in [6.45, 7) is 3.87. The van der Waals surface area contributed by atoms with E-state index in [0.29, 0.717) is 5.58 Å². The lowest BCUT2D eigenvalue weighted by molar-refractivity contribution is 0.193. The van der Waals surface area contributed by atoms with Crippen molar-refractivity contribution in [3.05, 3.63) is 40.2 Å². The van der Waals surface area contributed by atoms with Crippen molar-refractivity contribution in [2.24, 2.45) is 0 Å². The second kappa shape index (κ2) is 3.75. The van der Waals surface area contributed by atoms with Crippen molar-refractivity contribution in [1.29, 1.82) is 0 Å². The molecule has 1 atom stereocenters. The maximum atomic E-state index is 11.2. The lowest BCUT2D eigenvalue weighted by atomic mass is 10.00. The van der Waals surface area contributed by atoms with Crippen LogP contribution in [-0.2, 0) is 6.42 Å². The summed E-state index contributed by atoms with van der Waals surface area (Å²) in [5, 5.41) is 0.907. The van der Waals surface area contributed by atoms with E-state index in [2.05, 4.69) is 0 Å². The smallest absolute Gasteiger partial charge is 0.336 e. The van der Waals surface area contributed by atoms with Crippen LogP contribution in [0.4, 0.5) is 0 Å². The summed E-state index contributed by atoms with van der Waals surface area (Å²) < 4.78 is 11.0. The van der Waals surface area contributed by atoms with E-state index in [1.54, 1.807) is 12.1 Å². The Morgan fingerprint density at radius 2 is 2.11 bits per heavy atom. The van der Waals surface area contributed by atoms with Gasteiger partial charge >= 0.3 is 5.63 Å². The lowest BCUT2D eigenvalue weighted by Crippen LogP contribution is -2.34. The zero-order valence-corrected chi connectivity index (χ0v) is 11.0. The van der Waals surface area contributed by atoms with Crippen LogP contribution in [0.2, 0.25) is 0 Å². The summed E-state index contributed by atoms with van der Waals surface area (Å²) in [5.74, 6) is 0.760. The normalized spacial score (nSPS) is 18.7. The van der Waals surface area contributed by atoms with Gasteiger partial charge in [-0.25, -0.2) is 4.79 Å². The molecule has 1 aromatic heterocycles. The summed E-state index contributed by atoms with van der Waals surface area (Å²) in [5.41, 5.74) is 1.30. The number of halogens is 1. The van der Waals surface area contributed by atoms with Gasteiger partial charge in [0.1, 0.15) is 17.4 Å². The number of hydrogen-bond acceptors (Lipinski definition) is 3. The maximum absolute atomic E-state index is 11.2. The predicted octanol–water partition coefficient (Wildman–Crippen LogP) is 3.11. The van der Waals surface area contributed by atoms with Crippen LogP contribution in [0, 0.1) is 0 Å². The van der Waals surface area contributed by atoms with Gasteiger partial charge in [0.05, 0.1) is 4.87 Å². The van der Waals surface area contributed by atoms with Crippen molar-refractivity contribution in [1.82, 2.24) is 0 Å². The van der Waals surface area contributed by atoms with Crippen molar-refractivity contribution in [2.45, 2.75) is 31.2 Å². The largest absolute Gasteiger partial charge is 0.488 e. The second-order valence-electron chi connectivity index (χ2n) is 5.13. The highest BCUT2D eigenvalue weighted by Gasteiger charge is 2.35. The number of ether oxygens (including phenoxy) is 1. The Labute approximate surface area is 109 Å². The molecule has 0 spiro atoms. The average Bonchev–Trinajstić information content (AvgIpc) is 2.68. The summed E-state index contributed by atoms with van der Waals surface area (Å²) in [7, 11) is 0. The third kappa shape index (κ3) is 1.89. The van der Waals surface area contributed by atoms with Gasteiger partial charge in [0.25, 0.3) is 0 Å². The van der Waals surface area contributed by atoms with Gasteiger partial charge in [-0.15, -0.1) is 11.6 Å².